The zero-order chi connectivity index (χ0) is 19.4. The molecule has 2 heterocycles. The molecule has 0 aromatic rings. The molecule has 7 heteroatoms. The second kappa shape index (κ2) is 10.3. The predicted octanol–water partition coefficient (Wildman–Crippen LogP) is 2.67. The van der Waals surface area contributed by atoms with Gasteiger partial charge in [0.05, 0.1) is 0 Å². The summed E-state index contributed by atoms with van der Waals surface area (Å²) in [4.78, 5) is 21.0. The molecule has 2 aliphatic heterocycles. The third-order valence-corrected chi connectivity index (χ3v) is 6.61. The van der Waals surface area contributed by atoms with Crippen molar-refractivity contribution in [2.45, 2.75) is 65.8 Å². The Hall–Kier alpha value is -0.570. The third-order valence-electron chi connectivity index (χ3n) is 6.61. The SMILES string of the molecule is CCNC(=NCCCCN1CCC(C(N)=O)CC1)N1CC(C)(C)C1(C)C.I. The van der Waals surface area contributed by atoms with Crippen LogP contribution in [-0.2, 0) is 4.79 Å². The molecule has 0 aromatic carbocycles. The molecule has 0 saturated carbocycles. The first-order valence-corrected chi connectivity index (χ1v) is 10.3. The lowest BCUT2D eigenvalue weighted by molar-refractivity contribution is -0.123. The Morgan fingerprint density at radius 2 is 1.81 bits per heavy atom. The average Bonchev–Trinajstić information content (AvgIpc) is 2.59. The number of hydrogen-bond acceptors (Lipinski definition) is 3. The fourth-order valence-corrected chi connectivity index (χ4v) is 3.87. The maximum atomic E-state index is 11.2. The Morgan fingerprint density at radius 1 is 1.19 bits per heavy atom. The van der Waals surface area contributed by atoms with Gasteiger partial charge in [0.1, 0.15) is 0 Å². The highest BCUT2D eigenvalue weighted by molar-refractivity contribution is 14.0. The van der Waals surface area contributed by atoms with E-state index < -0.39 is 0 Å². The lowest BCUT2D eigenvalue weighted by Crippen LogP contribution is -2.72. The predicted molar refractivity (Wildman–Crippen MR) is 124 cm³/mol. The molecular weight excluding hydrogens is 453 g/mol. The molecule has 158 valence electrons. The second-order valence-corrected chi connectivity index (χ2v) is 8.99. The number of carbonyl (C=O) groups is 1. The quantitative estimate of drug-likeness (QED) is 0.248. The van der Waals surface area contributed by atoms with Gasteiger partial charge in [0.15, 0.2) is 5.96 Å². The van der Waals surface area contributed by atoms with Crippen LogP contribution in [0.1, 0.15) is 60.3 Å². The number of amides is 1. The molecule has 0 aliphatic carbocycles. The molecule has 2 fully saturated rings. The Bertz CT molecular complexity index is 513. The lowest BCUT2D eigenvalue weighted by atomic mass is 9.65. The van der Waals surface area contributed by atoms with Crippen LogP contribution in [0.4, 0.5) is 0 Å². The summed E-state index contributed by atoms with van der Waals surface area (Å²) in [5, 5.41) is 3.46. The molecule has 3 N–H and O–H groups in total. The number of nitrogens with two attached hydrogens (primary N) is 1. The number of aliphatic imine (C=N–C) groups is 1. The van der Waals surface area contributed by atoms with E-state index in [4.69, 9.17) is 10.7 Å². The van der Waals surface area contributed by atoms with Gasteiger partial charge in [-0.3, -0.25) is 9.79 Å². The van der Waals surface area contributed by atoms with Gasteiger partial charge in [-0.05, 0) is 66.1 Å². The number of primary amides is 1. The zero-order valence-electron chi connectivity index (χ0n) is 17.9. The second-order valence-electron chi connectivity index (χ2n) is 8.99. The van der Waals surface area contributed by atoms with Gasteiger partial charge in [-0.25, -0.2) is 0 Å². The van der Waals surface area contributed by atoms with E-state index in [2.05, 4.69) is 49.7 Å². The topological polar surface area (TPSA) is 74.0 Å². The van der Waals surface area contributed by atoms with Crippen LogP contribution in [0, 0.1) is 11.3 Å². The highest BCUT2D eigenvalue weighted by Gasteiger charge is 2.53. The van der Waals surface area contributed by atoms with E-state index in [1.165, 1.54) is 0 Å². The smallest absolute Gasteiger partial charge is 0.220 e. The number of rotatable bonds is 7. The summed E-state index contributed by atoms with van der Waals surface area (Å²) >= 11 is 0. The fourth-order valence-electron chi connectivity index (χ4n) is 3.87. The van der Waals surface area contributed by atoms with Gasteiger partial charge in [0, 0.05) is 36.5 Å². The number of likely N-dealkylation sites (tertiary alicyclic amines) is 2. The van der Waals surface area contributed by atoms with Crippen molar-refractivity contribution < 1.29 is 4.79 Å². The molecule has 1 amide bonds. The molecule has 0 unspecified atom stereocenters. The minimum atomic E-state index is -0.132. The van der Waals surface area contributed by atoms with Gasteiger partial charge in [-0.1, -0.05) is 13.8 Å². The van der Waals surface area contributed by atoms with E-state index >= 15 is 0 Å². The Balaban J connectivity index is 0.00000364. The standard InChI is InChI=1S/C20H39N5O.HI/c1-6-22-18(25-15-19(2,3)20(25,4)5)23-11-7-8-12-24-13-9-16(10-14-24)17(21)26;/h16H,6-15H2,1-5H3,(H2,21,26)(H,22,23);1H. The summed E-state index contributed by atoms with van der Waals surface area (Å²) in [6, 6.07) is 0. The summed E-state index contributed by atoms with van der Waals surface area (Å²) in [5.74, 6) is 1.01. The molecule has 0 bridgehead atoms. The fraction of sp³-hybridized carbons (Fsp3) is 0.900. The number of hydrogen-bond donors (Lipinski definition) is 2. The molecule has 2 aliphatic rings. The lowest BCUT2D eigenvalue weighted by Gasteiger charge is -2.62. The maximum Gasteiger partial charge on any atom is 0.220 e. The zero-order valence-corrected chi connectivity index (χ0v) is 20.2. The van der Waals surface area contributed by atoms with E-state index in [-0.39, 0.29) is 41.3 Å². The normalized spacial score (nSPS) is 22.7. The Morgan fingerprint density at radius 3 is 2.30 bits per heavy atom. The van der Waals surface area contributed by atoms with Gasteiger partial charge in [-0.2, -0.15) is 0 Å². The van der Waals surface area contributed by atoms with E-state index in [1.807, 2.05) is 0 Å². The van der Waals surface area contributed by atoms with Gasteiger partial charge in [0.25, 0.3) is 0 Å². The van der Waals surface area contributed by atoms with Crippen LogP contribution in [0.5, 0.6) is 0 Å². The van der Waals surface area contributed by atoms with Gasteiger partial charge in [-0.15, -0.1) is 24.0 Å². The van der Waals surface area contributed by atoms with E-state index in [0.717, 1.165) is 70.9 Å². The number of piperidine rings is 1. The van der Waals surface area contributed by atoms with E-state index in [9.17, 15) is 4.79 Å². The van der Waals surface area contributed by atoms with Crippen molar-refractivity contribution in [3.63, 3.8) is 0 Å². The minimum Gasteiger partial charge on any atom is -0.369 e. The molecule has 6 nitrogen and oxygen atoms in total. The van der Waals surface area contributed by atoms with Crippen LogP contribution in [0.15, 0.2) is 4.99 Å². The van der Waals surface area contributed by atoms with Crippen LogP contribution < -0.4 is 11.1 Å². The molecule has 0 aromatic heterocycles. The summed E-state index contributed by atoms with van der Waals surface area (Å²) < 4.78 is 0. The molecule has 0 atom stereocenters. The van der Waals surface area contributed by atoms with E-state index in [1.54, 1.807) is 0 Å². The van der Waals surface area contributed by atoms with Gasteiger partial charge < -0.3 is 20.9 Å². The van der Waals surface area contributed by atoms with Gasteiger partial charge >= 0.3 is 0 Å². The highest BCUT2D eigenvalue weighted by Crippen LogP contribution is 2.46. The first-order chi connectivity index (χ1) is 12.2. The molecule has 0 spiro atoms. The van der Waals surface area contributed by atoms with Crippen molar-refractivity contribution in [1.82, 2.24) is 15.1 Å². The number of nitrogens with zero attached hydrogens (tertiary/aromatic N) is 3. The van der Waals surface area contributed by atoms with Crippen LogP contribution in [0.2, 0.25) is 0 Å². The molecule has 2 rings (SSSR count). The van der Waals surface area contributed by atoms with E-state index in [0.29, 0.717) is 5.41 Å². The number of nitrogens with one attached hydrogen (secondary N) is 1. The largest absolute Gasteiger partial charge is 0.369 e. The van der Waals surface area contributed by atoms with Crippen LogP contribution >= 0.6 is 24.0 Å². The average molecular weight is 493 g/mol. The van der Waals surface area contributed by atoms with Crippen molar-refractivity contribution in [3.05, 3.63) is 0 Å². The van der Waals surface area contributed by atoms with Crippen LogP contribution in [0.25, 0.3) is 0 Å². The van der Waals surface area contributed by atoms with Crippen LogP contribution in [-0.4, -0.2) is 66.5 Å². The van der Waals surface area contributed by atoms with Crippen LogP contribution in [0.3, 0.4) is 0 Å². The maximum absolute atomic E-state index is 11.2. The van der Waals surface area contributed by atoms with Crippen molar-refractivity contribution >= 4 is 35.8 Å². The van der Waals surface area contributed by atoms with Gasteiger partial charge in [0.2, 0.25) is 5.91 Å². The number of carbonyl (C=O) groups excluding carboxylic acids is 1. The molecule has 27 heavy (non-hydrogen) atoms. The Labute approximate surface area is 182 Å². The third kappa shape index (κ3) is 5.95. The number of halogens is 1. The van der Waals surface area contributed by atoms with Crippen molar-refractivity contribution in [1.29, 1.82) is 0 Å². The van der Waals surface area contributed by atoms with Crippen molar-refractivity contribution in [2.24, 2.45) is 22.1 Å². The first kappa shape index (κ1) is 24.5. The monoisotopic (exact) mass is 493 g/mol. The van der Waals surface area contributed by atoms with Crippen molar-refractivity contribution in [2.75, 3.05) is 39.3 Å². The molecule has 0 radical (unpaired) electrons. The number of guanidine groups is 1. The summed E-state index contributed by atoms with van der Waals surface area (Å²) in [5.41, 5.74) is 5.86. The van der Waals surface area contributed by atoms with Crippen molar-refractivity contribution in [3.8, 4) is 0 Å². The molecule has 2 saturated heterocycles. The first-order valence-electron chi connectivity index (χ1n) is 10.3. The summed E-state index contributed by atoms with van der Waals surface area (Å²) in [6.45, 7) is 17.3. The summed E-state index contributed by atoms with van der Waals surface area (Å²) in [7, 11) is 0. The molecular formula is C20H40IN5O. The Kier molecular flexibility index (Phi) is 9.31. The summed E-state index contributed by atoms with van der Waals surface area (Å²) in [6.07, 6.45) is 4.08. The highest BCUT2D eigenvalue weighted by atomic mass is 127. The number of unbranched alkanes of at least 4 members (excludes halogenated alkanes) is 1. The minimum absolute atomic E-state index is 0.